The predicted molar refractivity (Wildman–Crippen MR) is 54.5 cm³/mol. The van der Waals surface area contributed by atoms with E-state index in [1.807, 2.05) is 6.07 Å². The van der Waals surface area contributed by atoms with Gasteiger partial charge in [-0.2, -0.15) is 0 Å². The van der Waals surface area contributed by atoms with Crippen LogP contribution in [-0.2, 0) is 26.1 Å². The van der Waals surface area contributed by atoms with Crippen LogP contribution in [0, 0.1) is 6.20 Å². The number of fused-ring (bicyclic) bond motifs is 1. The summed E-state index contributed by atoms with van der Waals surface area (Å²) < 4.78 is 2.12. The van der Waals surface area contributed by atoms with E-state index in [4.69, 9.17) is 0 Å². The Morgan fingerprint density at radius 1 is 1.27 bits per heavy atom. The van der Waals surface area contributed by atoms with Crippen molar-refractivity contribution in [1.29, 1.82) is 0 Å². The zero-order valence-corrected chi connectivity index (χ0v) is 12.8. The molecule has 4 heteroatoms. The zero-order valence-electron chi connectivity index (χ0n) is 9.07. The molecule has 0 fully saturated rings. The number of aromatic nitrogens is 1. The number of hydrogen-bond donors (Lipinski definition) is 0. The molecular formula is C11H13ClN2Zn-. The normalized spacial score (nSPS) is 9.80. The van der Waals surface area contributed by atoms with Gasteiger partial charge >= 0.3 is 0 Å². The minimum Gasteiger partial charge on any atom is -1.00 e. The van der Waals surface area contributed by atoms with Gasteiger partial charge in [0.25, 0.3) is 0 Å². The first-order valence-corrected chi connectivity index (χ1v) is 4.38. The maximum absolute atomic E-state index is 3.22. The summed E-state index contributed by atoms with van der Waals surface area (Å²) >= 11 is 0. The van der Waals surface area contributed by atoms with Crippen molar-refractivity contribution in [3.63, 3.8) is 0 Å². The zero-order chi connectivity index (χ0) is 9.26. The van der Waals surface area contributed by atoms with Gasteiger partial charge in [-0.3, -0.25) is 4.90 Å². The molecular weight excluding hydrogens is 261 g/mol. The molecule has 0 spiro atoms. The first-order chi connectivity index (χ1) is 6.27. The monoisotopic (exact) mass is 272 g/mol. The van der Waals surface area contributed by atoms with Crippen molar-refractivity contribution in [2.75, 3.05) is 14.1 Å². The quantitative estimate of drug-likeness (QED) is 0.635. The molecule has 15 heavy (non-hydrogen) atoms. The Kier molecular flexibility index (Phi) is 6.11. The molecule has 1 aromatic carbocycles. The molecule has 2 aromatic rings. The average molecular weight is 274 g/mol. The van der Waals surface area contributed by atoms with Gasteiger partial charge in [-0.05, 0) is 26.2 Å². The smallest absolute Gasteiger partial charge is 0.0752 e. The fraction of sp³-hybridized carbons (Fsp3) is 0.273. The predicted octanol–water partition coefficient (Wildman–Crippen LogP) is -1.04. The van der Waals surface area contributed by atoms with Gasteiger partial charge in [0.1, 0.15) is 0 Å². The molecule has 0 aliphatic rings. The van der Waals surface area contributed by atoms with E-state index in [0.717, 1.165) is 6.67 Å². The molecule has 0 bridgehead atoms. The number of rotatable bonds is 2. The molecule has 2 rings (SSSR count). The minimum atomic E-state index is 0. The number of hydrogen-bond acceptors (Lipinski definition) is 1. The second-order valence-electron chi connectivity index (χ2n) is 3.48. The van der Waals surface area contributed by atoms with Crippen LogP contribution in [0.25, 0.3) is 10.9 Å². The van der Waals surface area contributed by atoms with E-state index in [9.17, 15) is 0 Å². The third-order valence-corrected chi connectivity index (χ3v) is 2.03. The van der Waals surface area contributed by atoms with Crippen molar-refractivity contribution in [1.82, 2.24) is 9.47 Å². The van der Waals surface area contributed by atoms with Gasteiger partial charge < -0.3 is 17.0 Å². The Morgan fingerprint density at radius 3 is 2.60 bits per heavy atom. The van der Waals surface area contributed by atoms with Crippen LogP contribution in [-0.4, -0.2) is 23.6 Å². The summed E-state index contributed by atoms with van der Waals surface area (Å²) in [6.07, 6.45) is 3.22. The van der Waals surface area contributed by atoms with E-state index >= 15 is 0 Å². The summed E-state index contributed by atoms with van der Waals surface area (Å²) in [5.74, 6) is 0. The van der Waals surface area contributed by atoms with E-state index in [2.05, 4.69) is 54.0 Å². The number of nitrogens with zero attached hydrogens (tertiary/aromatic N) is 2. The molecule has 0 unspecified atom stereocenters. The topological polar surface area (TPSA) is 8.17 Å². The maximum atomic E-state index is 3.22. The van der Waals surface area contributed by atoms with E-state index in [-0.39, 0.29) is 31.9 Å². The van der Waals surface area contributed by atoms with Gasteiger partial charge in [-0.1, -0.05) is 18.2 Å². The van der Waals surface area contributed by atoms with Crippen LogP contribution in [0.2, 0.25) is 0 Å². The molecule has 77 valence electrons. The molecule has 0 N–H and O–H groups in total. The van der Waals surface area contributed by atoms with Crippen LogP contribution in [0.3, 0.4) is 0 Å². The van der Waals surface area contributed by atoms with E-state index in [0.29, 0.717) is 0 Å². The van der Waals surface area contributed by atoms with Crippen molar-refractivity contribution < 1.29 is 31.9 Å². The van der Waals surface area contributed by atoms with Gasteiger partial charge in [0.05, 0.1) is 12.9 Å². The third kappa shape index (κ3) is 3.30. The number of halogens is 1. The molecule has 1 aromatic heterocycles. The summed E-state index contributed by atoms with van der Waals surface area (Å²) in [6, 6.07) is 10.4. The standard InChI is InChI=1S/C11H13N2.ClH.Zn/c1-12(2)9-13-8-7-10-5-3-4-6-11(10)13;;/h3-7H,9H2,1-2H3;1H;/p-1. The van der Waals surface area contributed by atoms with Gasteiger partial charge in [-0.15, -0.1) is 0 Å². The third-order valence-electron chi connectivity index (χ3n) is 2.03. The molecule has 0 aliphatic heterocycles. The fourth-order valence-electron chi connectivity index (χ4n) is 1.47. The maximum Gasteiger partial charge on any atom is 0.0752 e. The Balaban J connectivity index is 0.000000980. The summed E-state index contributed by atoms with van der Waals surface area (Å²) in [5, 5.41) is 1.25. The molecule has 1 radical (unpaired) electrons. The number of benzene rings is 1. The molecule has 1 heterocycles. The van der Waals surface area contributed by atoms with Crippen molar-refractivity contribution in [3.05, 3.63) is 36.5 Å². The Morgan fingerprint density at radius 2 is 1.93 bits per heavy atom. The van der Waals surface area contributed by atoms with Gasteiger partial charge in [0, 0.05) is 30.4 Å². The van der Waals surface area contributed by atoms with Crippen LogP contribution in [0.5, 0.6) is 0 Å². The van der Waals surface area contributed by atoms with Crippen LogP contribution in [0.1, 0.15) is 0 Å². The summed E-state index contributed by atoms with van der Waals surface area (Å²) in [6.45, 7) is 0.882. The molecule has 0 atom stereocenters. The fourth-order valence-corrected chi connectivity index (χ4v) is 1.47. The van der Waals surface area contributed by atoms with Crippen molar-refractivity contribution in [3.8, 4) is 0 Å². The van der Waals surface area contributed by atoms with E-state index in [1.54, 1.807) is 0 Å². The largest absolute Gasteiger partial charge is 1.00 e. The molecule has 0 saturated heterocycles. The minimum absolute atomic E-state index is 0. The van der Waals surface area contributed by atoms with Crippen LogP contribution in [0.15, 0.2) is 30.3 Å². The Labute approximate surface area is 109 Å². The average Bonchev–Trinajstić information content (AvgIpc) is 2.48. The van der Waals surface area contributed by atoms with E-state index < -0.39 is 0 Å². The Hall–Kier alpha value is -0.367. The molecule has 2 nitrogen and oxygen atoms in total. The van der Waals surface area contributed by atoms with Crippen LogP contribution >= 0.6 is 0 Å². The summed E-state index contributed by atoms with van der Waals surface area (Å²) in [4.78, 5) is 2.13. The Bertz CT molecular complexity index is 412. The summed E-state index contributed by atoms with van der Waals surface area (Å²) in [5.41, 5.74) is 1.25. The summed E-state index contributed by atoms with van der Waals surface area (Å²) in [7, 11) is 4.12. The van der Waals surface area contributed by atoms with Gasteiger partial charge in [0.15, 0.2) is 0 Å². The second-order valence-corrected chi connectivity index (χ2v) is 3.48. The second kappa shape index (κ2) is 6.27. The van der Waals surface area contributed by atoms with Crippen LogP contribution in [0.4, 0.5) is 0 Å². The van der Waals surface area contributed by atoms with Gasteiger partial charge in [0.2, 0.25) is 0 Å². The van der Waals surface area contributed by atoms with E-state index in [1.165, 1.54) is 10.9 Å². The molecule has 0 aliphatic carbocycles. The first kappa shape index (κ1) is 14.6. The molecule has 0 saturated carbocycles. The first-order valence-electron chi connectivity index (χ1n) is 4.38. The molecule has 0 amide bonds. The SMILES string of the molecule is CN(C)Cn1[c]cc2ccccc21.[Cl-].[Zn]. The van der Waals surface area contributed by atoms with Gasteiger partial charge in [-0.25, -0.2) is 0 Å². The van der Waals surface area contributed by atoms with Crippen molar-refractivity contribution in [2.45, 2.75) is 6.67 Å². The van der Waals surface area contributed by atoms with Crippen molar-refractivity contribution in [2.24, 2.45) is 0 Å². The van der Waals surface area contributed by atoms with Crippen LogP contribution < -0.4 is 12.4 Å². The van der Waals surface area contributed by atoms with Crippen molar-refractivity contribution >= 4 is 10.9 Å². The number of para-hydroxylation sites is 1.